The molecule has 8 nitrogen and oxygen atoms in total. The summed E-state index contributed by atoms with van der Waals surface area (Å²) in [4.78, 5) is 33.1. The molecule has 2 amide bonds. The van der Waals surface area contributed by atoms with E-state index in [1.807, 2.05) is 46.8 Å². The summed E-state index contributed by atoms with van der Waals surface area (Å²) in [6, 6.07) is 24.2. The topological polar surface area (TPSA) is 84.3 Å². The van der Waals surface area contributed by atoms with E-state index in [1.165, 1.54) is 16.2 Å². The van der Waals surface area contributed by atoms with Crippen LogP contribution in [-0.2, 0) is 0 Å². The molecule has 0 radical (unpaired) electrons. The van der Waals surface area contributed by atoms with Gasteiger partial charge in [0.2, 0.25) is 5.13 Å². The number of aromatic nitrogens is 1. The number of hydrogen-bond acceptors (Lipinski definition) is 9. The molecular weight excluding hydrogens is 569 g/mol. The standard InChI is InChI=1S/C32H24N4O4S2/c1-39-27-14-11-20(16-28(27)40-2)26-17-24(29-8-5-15-41-29)34-36(26)32-33-25(18-42-32)19-9-12-21(13-10-19)35-30(37)22-6-3-4-7-23(22)31(35)38/h3-16,18,26H,17H2,1-2H3. The number of fused-ring (bicyclic) bond motifs is 1. The van der Waals surface area contributed by atoms with Crippen molar-refractivity contribution in [3.05, 3.63) is 111 Å². The molecule has 2 aliphatic rings. The van der Waals surface area contributed by atoms with Gasteiger partial charge in [0.1, 0.15) is 0 Å². The Kier molecular flexibility index (Phi) is 6.56. The molecule has 5 aromatic rings. The quantitative estimate of drug-likeness (QED) is 0.189. The lowest BCUT2D eigenvalue weighted by atomic mass is 10.0. The zero-order valence-corrected chi connectivity index (χ0v) is 24.3. The summed E-state index contributed by atoms with van der Waals surface area (Å²) in [5.41, 5.74) is 5.09. The van der Waals surface area contributed by atoms with Crippen molar-refractivity contribution < 1.29 is 19.1 Å². The number of hydrogen-bond donors (Lipinski definition) is 0. The fraction of sp³-hybridized carbons (Fsp3) is 0.125. The maximum absolute atomic E-state index is 12.9. The minimum atomic E-state index is -0.311. The van der Waals surface area contributed by atoms with E-state index >= 15 is 0 Å². The second-order valence-electron chi connectivity index (χ2n) is 9.76. The molecule has 4 heterocycles. The highest BCUT2D eigenvalue weighted by Crippen LogP contribution is 2.42. The highest BCUT2D eigenvalue weighted by atomic mass is 32.1. The van der Waals surface area contributed by atoms with Gasteiger partial charge in [0.05, 0.1) is 53.4 Å². The lowest BCUT2D eigenvalue weighted by Crippen LogP contribution is -2.29. The summed E-state index contributed by atoms with van der Waals surface area (Å²) in [5, 5.41) is 11.8. The van der Waals surface area contributed by atoms with Gasteiger partial charge in [-0.3, -0.25) is 9.59 Å². The third-order valence-electron chi connectivity index (χ3n) is 7.41. The van der Waals surface area contributed by atoms with Crippen molar-refractivity contribution in [2.45, 2.75) is 12.5 Å². The molecule has 0 aliphatic carbocycles. The molecule has 0 saturated heterocycles. The largest absolute Gasteiger partial charge is 0.493 e. The Bertz CT molecular complexity index is 1810. The lowest BCUT2D eigenvalue weighted by Gasteiger charge is -2.22. The van der Waals surface area contributed by atoms with E-state index in [-0.39, 0.29) is 17.9 Å². The predicted molar refractivity (Wildman–Crippen MR) is 165 cm³/mol. The van der Waals surface area contributed by atoms with E-state index in [4.69, 9.17) is 19.6 Å². The summed E-state index contributed by atoms with van der Waals surface area (Å²) in [5.74, 6) is 0.715. The van der Waals surface area contributed by atoms with Crippen LogP contribution in [0.3, 0.4) is 0 Å². The lowest BCUT2D eigenvalue weighted by molar-refractivity contribution is 0.0926. The number of carbonyl (C=O) groups excluding carboxylic acids is 2. The maximum atomic E-state index is 12.9. The first-order valence-electron chi connectivity index (χ1n) is 13.2. The second-order valence-corrected chi connectivity index (χ2v) is 11.5. The average Bonchev–Trinajstić information content (AvgIpc) is 3.84. The Hall–Kier alpha value is -4.80. The Morgan fingerprint density at radius 3 is 2.24 bits per heavy atom. The van der Waals surface area contributed by atoms with Gasteiger partial charge in [-0.25, -0.2) is 14.9 Å². The van der Waals surface area contributed by atoms with Crippen molar-refractivity contribution in [3.63, 3.8) is 0 Å². The summed E-state index contributed by atoms with van der Waals surface area (Å²) in [6.45, 7) is 0. The zero-order valence-electron chi connectivity index (χ0n) is 22.7. The molecule has 2 aliphatic heterocycles. The third kappa shape index (κ3) is 4.36. The third-order valence-corrected chi connectivity index (χ3v) is 9.16. The molecule has 0 saturated carbocycles. The van der Waals surface area contributed by atoms with Gasteiger partial charge in [-0.1, -0.05) is 36.4 Å². The van der Waals surface area contributed by atoms with Crippen LogP contribution in [0.2, 0.25) is 0 Å². The van der Waals surface area contributed by atoms with Gasteiger partial charge in [-0.15, -0.1) is 22.7 Å². The number of thiophene rings is 1. The van der Waals surface area contributed by atoms with Crippen LogP contribution in [-0.4, -0.2) is 36.7 Å². The van der Waals surface area contributed by atoms with Crippen LogP contribution in [0.4, 0.5) is 10.8 Å². The molecule has 10 heteroatoms. The van der Waals surface area contributed by atoms with Gasteiger partial charge in [0.25, 0.3) is 11.8 Å². The molecule has 0 spiro atoms. The zero-order chi connectivity index (χ0) is 28.8. The number of benzene rings is 3. The molecule has 1 atom stereocenters. The van der Waals surface area contributed by atoms with E-state index in [1.54, 1.807) is 62.0 Å². The van der Waals surface area contributed by atoms with Crippen LogP contribution >= 0.6 is 22.7 Å². The molecule has 42 heavy (non-hydrogen) atoms. The van der Waals surface area contributed by atoms with Crippen LogP contribution in [0, 0.1) is 0 Å². The summed E-state index contributed by atoms with van der Waals surface area (Å²) in [7, 11) is 3.26. The predicted octanol–water partition coefficient (Wildman–Crippen LogP) is 7.05. The number of anilines is 2. The van der Waals surface area contributed by atoms with Crippen molar-refractivity contribution >= 4 is 51.0 Å². The number of imide groups is 1. The van der Waals surface area contributed by atoms with Crippen LogP contribution in [0.15, 0.2) is 94.7 Å². The molecule has 1 unspecified atom stereocenters. The Balaban J connectivity index is 1.18. The number of nitrogens with zero attached hydrogens (tertiary/aromatic N) is 4. The molecule has 0 fully saturated rings. The smallest absolute Gasteiger partial charge is 0.266 e. The van der Waals surface area contributed by atoms with Crippen LogP contribution in [0.1, 0.15) is 43.6 Å². The number of hydrazone groups is 1. The number of amides is 2. The Labute approximate surface area is 250 Å². The number of methoxy groups -OCH3 is 2. The van der Waals surface area contributed by atoms with E-state index in [0.29, 0.717) is 28.3 Å². The second kappa shape index (κ2) is 10.6. The Morgan fingerprint density at radius 1 is 0.833 bits per heavy atom. The molecule has 3 aromatic carbocycles. The molecule has 2 aromatic heterocycles. The van der Waals surface area contributed by atoms with E-state index in [0.717, 1.165) is 39.0 Å². The molecule has 0 N–H and O–H groups in total. The van der Waals surface area contributed by atoms with E-state index < -0.39 is 0 Å². The first kappa shape index (κ1) is 26.1. The monoisotopic (exact) mass is 592 g/mol. The van der Waals surface area contributed by atoms with Crippen molar-refractivity contribution in [3.8, 4) is 22.8 Å². The molecule has 7 rings (SSSR count). The molecule has 208 valence electrons. The highest BCUT2D eigenvalue weighted by molar-refractivity contribution is 7.14. The van der Waals surface area contributed by atoms with Gasteiger partial charge in [0.15, 0.2) is 11.5 Å². The van der Waals surface area contributed by atoms with Gasteiger partial charge in [-0.2, -0.15) is 5.10 Å². The minimum absolute atomic E-state index is 0.0721. The van der Waals surface area contributed by atoms with Gasteiger partial charge in [-0.05, 0) is 53.4 Å². The van der Waals surface area contributed by atoms with Gasteiger partial charge in [0, 0.05) is 17.4 Å². The number of ether oxygens (including phenoxy) is 2. The molecule has 0 bridgehead atoms. The number of carbonyl (C=O) groups is 2. The number of thiazole rings is 1. The van der Waals surface area contributed by atoms with E-state index in [2.05, 4.69) is 11.4 Å². The number of rotatable bonds is 7. The normalized spacial score (nSPS) is 16.1. The summed E-state index contributed by atoms with van der Waals surface area (Å²) < 4.78 is 11.0. The van der Waals surface area contributed by atoms with Crippen LogP contribution in [0.5, 0.6) is 11.5 Å². The fourth-order valence-electron chi connectivity index (χ4n) is 5.31. The first-order chi connectivity index (χ1) is 20.6. The van der Waals surface area contributed by atoms with Gasteiger partial charge >= 0.3 is 0 Å². The molecular formula is C32H24N4O4S2. The SMILES string of the molecule is COc1ccc(C2CC(c3cccs3)=NN2c2nc(-c3ccc(N4C(=O)c5ccccc5C4=O)cc3)cs2)cc1OC. The van der Waals surface area contributed by atoms with Gasteiger partial charge < -0.3 is 9.47 Å². The van der Waals surface area contributed by atoms with Crippen molar-refractivity contribution in [2.24, 2.45) is 5.10 Å². The van der Waals surface area contributed by atoms with Crippen molar-refractivity contribution in [1.29, 1.82) is 0 Å². The maximum Gasteiger partial charge on any atom is 0.266 e. The summed E-state index contributed by atoms with van der Waals surface area (Å²) >= 11 is 3.18. The minimum Gasteiger partial charge on any atom is -0.493 e. The first-order valence-corrected chi connectivity index (χ1v) is 15.0. The van der Waals surface area contributed by atoms with Crippen LogP contribution < -0.4 is 19.4 Å². The van der Waals surface area contributed by atoms with E-state index in [9.17, 15) is 9.59 Å². The Morgan fingerprint density at radius 2 is 1.57 bits per heavy atom. The fourth-order valence-corrected chi connectivity index (χ4v) is 6.86. The highest BCUT2D eigenvalue weighted by Gasteiger charge is 2.36. The average molecular weight is 593 g/mol. The van der Waals surface area contributed by atoms with Crippen LogP contribution in [0.25, 0.3) is 11.3 Å². The summed E-state index contributed by atoms with van der Waals surface area (Å²) in [6.07, 6.45) is 0.722. The van der Waals surface area contributed by atoms with Crippen molar-refractivity contribution in [2.75, 3.05) is 24.1 Å². The van der Waals surface area contributed by atoms with Crippen molar-refractivity contribution in [1.82, 2.24) is 4.98 Å².